The maximum atomic E-state index is 12.9. The smallest absolute Gasteiger partial charge is 0.206 e. The first-order valence-electron chi connectivity index (χ1n) is 9.29. The summed E-state index contributed by atoms with van der Waals surface area (Å²) >= 11 is 0. The molecule has 0 aliphatic rings. The number of ether oxygens (including phenoxy) is 2. The maximum Gasteiger partial charge on any atom is 0.206 e. The van der Waals surface area contributed by atoms with Crippen molar-refractivity contribution in [2.24, 2.45) is 0 Å². The van der Waals surface area contributed by atoms with Crippen LogP contribution in [0.1, 0.15) is 0 Å². The summed E-state index contributed by atoms with van der Waals surface area (Å²) in [6, 6.07) is 24.7. The van der Waals surface area contributed by atoms with Crippen molar-refractivity contribution in [2.45, 2.75) is 9.79 Å². The molecule has 4 rings (SSSR count). The lowest BCUT2D eigenvalue weighted by molar-refractivity contribution is 0.454. The van der Waals surface area contributed by atoms with Crippen molar-refractivity contribution in [2.75, 3.05) is 0 Å². The van der Waals surface area contributed by atoms with Crippen molar-refractivity contribution in [3.63, 3.8) is 0 Å². The summed E-state index contributed by atoms with van der Waals surface area (Å²) < 4.78 is 37.1. The Hall–Kier alpha value is -3.97. The summed E-state index contributed by atoms with van der Waals surface area (Å²) in [6.07, 6.45) is 0. The van der Waals surface area contributed by atoms with Crippen LogP contribution < -0.4 is 9.47 Å². The van der Waals surface area contributed by atoms with Gasteiger partial charge < -0.3 is 19.7 Å². The molecular weight excluding hydrogens is 416 g/mol. The van der Waals surface area contributed by atoms with Crippen molar-refractivity contribution in [1.29, 1.82) is 0 Å². The van der Waals surface area contributed by atoms with Crippen LogP contribution in [-0.2, 0) is 9.84 Å². The lowest BCUT2D eigenvalue weighted by Gasteiger charge is -2.09. The van der Waals surface area contributed by atoms with Crippen molar-refractivity contribution in [3.05, 3.63) is 97.1 Å². The largest absolute Gasteiger partial charge is 0.508 e. The lowest BCUT2D eigenvalue weighted by atomic mass is 10.3. The van der Waals surface area contributed by atoms with E-state index in [-0.39, 0.29) is 21.3 Å². The van der Waals surface area contributed by atoms with Gasteiger partial charge in [0, 0.05) is 12.1 Å². The van der Waals surface area contributed by atoms with Gasteiger partial charge in [-0.3, -0.25) is 0 Å². The number of hydrogen-bond acceptors (Lipinski definition) is 6. The van der Waals surface area contributed by atoms with Gasteiger partial charge >= 0.3 is 0 Å². The summed E-state index contributed by atoms with van der Waals surface area (Å²) in [4.78, 5) is 0.245. The van der Waals surface area contributed by atoms with Gasteiger partial charge in [0.1, 0.15) is 34.5 Å². The van der Waals surface area contributed by atoms with Gasteiger partial charge in [-0.1, -0.05) is 12.1 Å². The van der Waals surface area contributed by atoms with E-state index in [0.717, 1.165) is 0 Å². The van der Waals surface area contributed by atoms with E-state index in [0.29, 0.717) is 23.0 Å². The SMILES string of the molecule is O=S(=O)(c1ccc(Oc2cccc(O)c2)cc1)c1ccc(Oc2cccc(O)c2)cc1. The van der Waals surface area contributed by atoms with Crippen molar-refractivity contribution in [1.82, 2.24) is 0 Å². The molecule has 0 unspecified atom stereocenters. The Morgan fingerprint density at radius 1 is 0.516 bits per heavy atom. The molecule has 0 fully saturated rings. The Balaban J connectivity index is 1.50. The predicted octanol–water partition coefficient (Wildman–Crippen LogP) is 5.52. The number of rotatable bonds is 6. The molecule has 0 saturated heterocycles. The average Bonchev–Trinajstić information content (AvgIpc) is 2.75. The van der Waals surface area contributed by atoms with Crippen LogP contribution in [0.4, 0.5) is 0 Å². The highest BCUT2D eigenvalue weighted by molar-refractivity contribution is 7.91. The van der Waals surface area contributed by atoms with Crippen molar-refractivity contribution < 1.29 is 28.1 Å². The molecule has 0 bridgehead atoms. The van der Waals surface area contributed by atoms with E-state index in [1.165, 1.54) is 48.5 Å². The highest BCUT2D eigenvalue weighted by Gasteiger charge is 2.18. The standard InChI is InChI=1S/C24H18O6S/c25-17-3-1-5-21(15-17)29-19-7-11-23(12-8-19)31(27,28)24-13-9-20(10-14-24)30-22-6-2-4-18(26)16-22/h1-16,25-26H. The van der Waals surface area contributed by atoms with Crippen LogP contribution in [-0.4, -0.2) is 18.6 Å². The minimum Gasteiger partial charge on any atom is -0.508 e. The van der Waals surface area contributed by atoms with Gasteiger partial charge in [-0.25, -0.2) is 8.42 Å². The zero-order chi connectivity index (χ0) is 21.8. The van der Waals surface area contributed by atoms with Gasteiger partial charge in [0.15, 0.2) is 0 Å². The summed E-state index contributed by atoms with van der Waals surface area (Å²) in [5.41, 5.74) is 0. The van der Waals surface area contributed by atoms with E-state index in [1.807, 2.05) is 0 Å². The molecule has 0 aliphatic heterocycles. The minimum atomic E-state index is -3.72. The predicted molar refractivity (Wildman–Crippen MR) is 115 cm³/mol. The van der Waals surface area contributed by atoms with Crippen LogP contribution in [0.5, 0.6) is 34.5 Å². The lowest BCUT2D eigenvalue weighted by Crippen LogP contribution is -2.01. The molecular formula is C24H18O6S. The van der Waals surface area contributed by atoms with E-state index < -0.39 is 9.84 Å². The molecule has 0 atom stereocenters. The van der Waals surface area contributed by atoms with Gasteiger partial charge in [-0.15, -0.1) is 0 Å². The van der Waals surface area contributed by atoms with Gasteiger partial charge in [-0.05, 0) is 72.8 Å². The molecule has 0 aromatic heterocycles. The first kappa shape index (κ1) is 20.3. The van der Waals surface area contributed by atoms with Gasteiger partial charge in [0.25, 0.3) is 0 Å². The molecule has 0 aliphatic carbocycles. The third-order valence-electron chi connectivity index (χ3n) is 4.37. The van der Waals surface area contributed by atoms with Crippen molar-refractivity contribution >= 4 is 9.84 Å². The van der Waals surface area contributed by atoms with Gasteiger partial charge in [-0.2, -0.15) is 0 Å². The van der Waals surface area contributed by atoms with E-state index >= 15 is 0 Å². The highest BCUT2D eigenvalue weighted by Crippen LogP contribution is 2.29. The normalized spacial score (nSPS) is 11.1. The second kappa shape index (κ2) is 8.41. The summed E-state index contributed by atoms with van der Waals surface area (Å²) in [7, 11) is -3.72. The van der Waals surface area contributed by atoms with Crippen molar-refractivity contribution in [3.8, 4) is 34.5 Å². The third-order valence-corrected chi connectivity index (χ3v) is 6.16. The quantitative estimate of drug-likeness (QED) is 0.415. The number of sulfone groups is 1. The van der Waals surface area contributed by atoms with E-state index in [4.69, 9.17) is 9.47 Å². The second-order valence-corrected chi connectivity index (χ2v) is 8.59. The van der Waals surface area contributed by atoms with Crippen LogP contribution in [0, 0.1) is 0 Å². The summed E-state index contributed by atoms with van der Waals surface area (Å²) in [5, 5.41) is 19.0. The first-order valence-corrected chi connectivity index (χ1v) is 10.8. The number of aromatic hydroxyl groups is 2. The molecule has 7 heteroatoms. The maximum absolute atomic E-state index is 12.9. The fourth-order valence-electron chi connectivity index (χ4n) is 2.88. The zero-order valence-corrected chi connectivity index (χ0v) is 17.0. The Morgan fingerprint density at radius 3 is 1.26 bits per heavy atom. The zero-order valence-electron chi connectivity index (χ0n) is 16.2. The van der Waals surface area contributed by atoms with Gasteiger partial charge in [0.2, 0.25) is 9.84 Å². The number of phenols is 2. The molecule has 0 radical (unpaired) electrons. The minimum absolute atomic E-state index is 0.0770. The molecule has 0 spiro atoms. The Morgan fingerprint density at radius 2 is 0.903 bits per heavy atom. The fourth-order valence-corrected chi connectivity index (χ4v) is 4.14. The summed E-state index contributed by atoms with van der Waals surface area (Å²) in [6.45, 7) is 0. The van der Waals surface area contributed by atoms with Crippen LogP contribution in [0.3, 0.4) is 0 Å². The van der Waals surface area contributed by atoms with Crippen LogP contribution in [0.2, 0.25) is 0 Å². The average molecular weight is 434 g/mol. The number of phenolic OH excluding ortho intramolecular Hbond substituents is 2. The number of hydrogen-bond donors (Lipinski definition) is 2. The van der Waals surface area contributed by atoms with E-state index in [2.05, 4.69) is 0 Å². The van der Waals surface area contributed by atoms with Crippen LogP contribution in [0.15, 0.2) is 107 Å². The molecule has 156 valence electrons. The Labute approximate surface area is 179 Å². The molecule has 6 nitrogen and oxygen atoms in total. The topological polar surface area (TPSA) is 93.1 Å². The number of benzene rings is 4. The molecule has 4 aromatic carbocycles. The molecule has 4 aromatic rings. The highest BCUT2D eigenvalue weighted by atomic mass is 32.2. The van der Waals surface area contributed by atoms with Crippen LogP contribution in [0.25, 0.3) is 0 Å². The van der Waals surface area contributed by atoms with E-state index in [9.17, 15) is 18.6 Å². The second-order valence-electron chi connectivity index (χ2n) is 6.65. The monoisotopic (exact) mass is 434 g/mol. The van der Waals surface area contributed by atoms with E-state index in [1.54, 1.807) is 48.5 Å². The van der Waals surface area contributed by atoms with Gasteiger partial charge in [0.05, 0.1) is 9.79 Å². The Bertz CT molecular complexity index is 1200. The van der Waals surface area contributed by atoms with Crippen LogP contribution >= 0.6 is 0 Å². The molecule has 0 heterocycles. The molecule has 2 N–H and O–H groups in total. The summed E-state index contributed by atoms with van der Waals surface area (Å²) in [5.74, 6) is 1.93. The first-order chi connectivity index (χ1) is 14.9. The fraction of sp³-hybridized carbons (Fsp3) is 0. The Kier molecular flexibility index (Phi) is 5.51. The molecule has 0 amide bonds. The third kappa shape index (κ3) is 4.79. The molecule has 0 saturated carbocycles. The molecule has 31 heavy (non-hydrogen) atoms.